The molecule has 2 heterocycles. The van der Waals surface area contributed by atoms with E-state index >= 15 is 0 Å². The second-order valence-electron chi connectivity index (χ2n) is 5.41. The van der Waals surface area contributed by atoms with Crippen LogP contribution in [0.5, 0.6) is 0 Å². The van der Waals surface area contributed by atoms with E-state index in [0.717, 1.165) is 28.2 Å². The van der Waals surface area contributed by atoms with E-state index in [2.05, 4.69) is 23.2 Å². The Balaban J connectivity index is 1.90. The first-order valence-corrected chi connectivity index (χ1v) is 8.01. The predicted octanol–water partition coefficient (Wildman–Crippen LogP) is 5.25. The van der Waals surface area contributed by atoms with E-state index in [9.17, 15) is 0 Å². The molecule has 3 nitrogen and oxygen atoms in total. The van der Waals surface area contributed by atoms with E-state index in [1.54, 1.807) is 6.20 Å². The van der Waals surface area contributed by atoms with E-state index in [4.69, 9.17) is 16.7 Å². The van der Waals surface area contributed by atoms with Crippen LogP contribution in [0.2, 0.25) is 5.02 Å². The highest BCUT2D eigenvalue weighted by Gasteiger charge is 2.13. The third-order valence-corrected chi connectivity index (χ3v) is 4.06. The van der Waals surface area contributed by atoms with E-state index in [1.165, 1.54) is 0 Å². The number of rotatable bonds is 3. The molecule has 4 heteroatoms. The SMILES string of the molecule is Clc1ccc(-n2nc(-c3cccnc3)cc2-c2ccccc2)cc1. The zero-order chi connectivity index (χ0) is 16.4. The van der Waals surface area contributed by atoms with Gasteiger partial charge in [-0.3, -0.25) is 4.98 Å². The third kappa shape index (κ3) is 2.82. The minimum Gasteiger partial charge on any atom is -0.264 e. The first-order chi connectivity index (χ1) is 11.8. The highest BCUT2D eigenvalue weighted by molar-refractivity contribution is 6.30. The molecule has 4 rings (SSSR count). The minimum atomic E-state index is 0.708. The average Bonchev–Trinajstić information content (AvgIpc) is 3.09. The largest absolute Gasteiger partial charge is 0.264 e. The number of benzene rings is 2. The lowest BCUT2D eigenvalue weighted by atomic mass is 10.1. The minimum absolute atomic E-state index is 0.708. The molecule has 0 bridgehead atoms. The number of halogens is 1. The number of pyridine rings is 1. The van der Waals surface area contributed by atoms with Crippen molar-refractivity contribution in [3.05, 3.63) is 90.2 Å². The Hall–Kier alpha value is -2.91. The lowest BCUT2D eigenvalue weighted by molar-refractivity contribution is 0.891. The summed E-state index contributed by atoms with van der Waals surface area (Å²) in [6.45, 7) is 0. The number of nitrogens with zero attached hydrogens (tertiary/aromatic N) is 3. The molecule has 0 unspecified atom stereocenters. The van der Waals surface area contributed by atoms with Gasteiger partial charge in [-0.05, 0) is 42.5 Å². The van der Waals surface area contributed by atoms with Crippen LogP contribution < -0.4 is 0 Å². The van der Waals surface area contributed by atoms with Crippen molar-refractivity contribution in [3.63, 3.8) is 0 Å². The standard InChI is InChI=1S/C20H14ClN3/c21-17-8-10-18(11-9-17)24-20(15-5-2-1-3-6-15)13-19(23-24)16-7-4-12-22-14-16/h1-14H. The molecule has 0 saturated heterocycles. The lowest BCUT2D eigenvalue weighted by Gasteiger charge is -2.07. The van der Waals surface area contributed by atoms with Crippen molar-refractivity contribution in [2.24, 2.45) is 0 Å². The molecular weight excluding hydrogens is 318 g/mol. The van der Waals surface area contributed by atoms with Gasteiger partial charge < -0.3 is 0 Å². The summed E-state index contributed by atoms with van der Waals surface area (Å²) in [5, 5.41) is 5.50. The molecule has 0 amide bonds. The fourth-order valence-electron chi connectivity index (χ4n) is 2.63. The zero-order valence-corrected chi connectivity index (χ0v) is 13.6. The zero-order valence-electron chi connectivity index (χ0n) is 12.8. The molecule has 2 aromatic carbocycles. The van der Waals surface area contributed by atoms with Gasteiger partial charge in [-0.1, -0.05) is 41.9 Å². The molecule has 116 valence electrons. The van der Waals surface area contributed by atoms with Gasteiger partial charge in [0, 0.05) is 28.5 Å². The number of hydrogen-bond donors (Lipinski definition) is 0. The van der Waals surface area contributed by atoms with Crippen molar-refractivity contribution in [1.29, 1.82) is 0 Å². The fourth-order valence-corrected chi connectivity index (χ4v) is 2.76. The van der Waals surface area contributed by atoms with Crippen molar-refractivity contribution in [2.45, 2.75) is 0 Å². The molecule has 0 atom stereocenters. The van der Waals surface area contributed by atoms with Crippen LogP contribution in [0.4, 0.5) is 0 Å². The first kappa shape index (κ1) is 14.7. The second kappa shape index (κ2) is 6.30. The van der Waals surface area contributed by atoms with Crippen LogP contribution in [0.15, 0.2) is 85.2 Å². The molecule has 0 N–H and O–H groups in total. The van der Waals surface area contributed by atoms with E-state index in [1.807, 2.05) is 65.5 Å². The summed E-state index contributed by atoms with van der Waals surface area (Å²) in [5.74, 6) is 0. The van der Waals surface area contributed by atoms with Crippen molar-refractivity contribution >= 4 is 11.6 Å². The first-order valence-electron chi connectivity index (χ1n) is 7.63. The second-order valence-corrected chi connectivity index (χ2v) is 5.85. The Labute approximate surface area is 145 Å². The summed E-state index contributed by atoms with van der Waals surface area (Å²) in [7, 11) is 0. The average molecular weight is 332 g/mol. The van der Waals surface area contributed by atoms with Gasteiger partial charge in [-0.15, -0.1) is 0 Å². The highest BCUT2D eigenvalue weighted by Crippen LogP contribution is 2.28. The molecule has 0 radical (unpaired) electrons. The van der Waals surface area contributed by atoms with Gasteiger partial charge >= 0.3 is 0 Å². The molecule has 4 aromatic rings. The third-order valence-electron chi connectivity index (χ3n) is 3.81. The molecule has 2 aromatic heterocycles. The Kier molecular flexibility index (Phi) is 3.85. The summed E-state index contributed by atoms with van der Waals surface area (Å²) >= 11 is 6.02. The number of hydrogen-bond acceptors (Lipinski definition) is 2. The lowest BCUT2D eigenvalue weighted by Crippen LogP contribution is -1.99. The summed E-state index contributed by atoms with van der Waals surface area (Å²) in [6, 6.07) is 23.9. The van der Waals surface area contributed by atoms with E-state index < -0.39 is 0 Å². The molecule has 0 aliphatic rings. The summed E-state index contributed by atoms with van der Waals surface area (Å²) < 4.78 is 1.94. The maximum Gasteiger partial charge on any atom is 0.0949 e. The summed E-state index contributed by atoms with van der Waals surface area (Å²) in [5.41, 5.74) is 4.97. The molecule has 0 aliphatic carbocycles. The van der Waals surface area contributed by atoms with E-state index in [0.29, 0.717) is 5.02 Å². The normalized spacial score (nSPS) is 10.7. The summed E-state index contributed by atoms with van der Waals surface area (Å²) in [6.07, 6.45) is 3.58. The molecule has 0 fully saturated rings. The van der Waals surface area contributed by atoms with Gasteiger partial charge in [0.1, 0.15) is 0 Å². The Morgan fingerprint density at radius 3 is 2.25 bits per heavy atom. The fraction of sp³-hybridized carbons (Fsp3) is 0. The molecule has 24 heavy (non-hydrogen) atoms. The van der Waals surface area contributed by atoms with Crippen LogP contribution >= 0.6 is 11.6 Å². The van der Waals surface area contributed by atoms with Gasteiger partial charge in [-0.2, -0.15) is 5.10 Å². The quantitative estimate of drug-likeness (QED) is 0.513. The van der Waals surface area contributed by atoms with Crippen LogP contribution in [-0.4, -0.2) is 14.8 Å². The predicted molar refractivity (Wildman–Crippen MR) is 97.2 cm³/mol. The van der Waals surface area contributed by atoms with Crippen LogP contribution in [0.25, 0.3) is 28.2 Å². The van der Waals surface area contributed by atoms with Crippen LogP contribution in [0.3, 0.4) is 0 Å². The highest BCUT2D eigenvalue weighted by atomic mass is 35.5. The van der Waals surface area contributed by atoms with Crippen molar-refractivity contribution in [2.75, 3.05) is 0 Å². The Bertz CT molecular complexity index is 945. The number of aromatic nitrogens is 3. The molecule has 0 aliphatic heterocycles. The van der Waals surface area contributed by atoms with Gasteiger partial charge in [0.2, 0.25) is 0 Å². The Morgan fingerprint density at radius 1 is 0.792 bits per heavy atom. The van der Waals surface area contributed by atoms with Crippen LogP contribution in [-0.2, 0) is 0 Å². The van der Waals surface area contributed by atoms with Crippen molar-refractivity contribution in [3.8, 4) is 28.2 Å². The smallest absolute Gasteiger partial charge is 0.0949 e. The Morgan fingerprint density at radius 2 is 1.54 bits per heavy atom. The molecule has 0 spiro atoms. The monoisotopic (exact) mass is 331 g/mol. The maximum atomic E-state index is 6.02. The van der Waals surface area contributed by atoms with Crippen LogP contribution in [0, 0.1) is 0 Å². The van der Waals surface area contributed by atoms with Gasteiger partial charge in [0.25, 0.3) is 0 Å². The van der Waals surface area contributed by atoms with E-state index in [-0.39, 0.29) is 0 Å². The van der Waals surface area contributed by atoms with Crippen molar-refractivity contribution < 1.29 is 0 Å². The van der Waals surface area contributed by atoms with Gasteiger partial charge in [0.15, 0.2) is 0 Å². The van der Waals surface area contributed by atoms with Gasteiger partial charge in [-0.25, -0.2) is 4.68 Å². The topological polar surface area (TPSA) is 30.7 Å². The maximum absolute atomic E-state index is 6.02. The van der Waals surface area contributed by atoms with Crippen LogP contribution in [0.1, 0.15) is 0 Å². The summed E-state index contributed by atoms with van der Waals surface area (Å²) in [4.78, 5) is 4.19. The molecular formula is C20H14ClN3. The van der Waals surface area contributed by atoms with Crippen molar-refractivity contribution in [1.82, 2.24) is 14.8 Å². The molecule has 0 saturated carbocycles. The van der Waals surface area contributed by atoms with Gasteiger partial charge in [0.05, 0.1) is 17.1 Å².